The van der Waals surface area contributed by atoms with Crippen molar-refractivity contribution in [1.82, 2.24) is 5.32 Å². The third-order valence-electron chi connectivity index (χ3n) is 5.93. The summed E-state index contributed by atoms with van der Waals surface area (Å²) in [6, 6.07) is -0.119. The summed E-state index contributed by atoms with van der Waals surface area (Å²) in [5, 5.41) is 3.61. The van der Waals surface area contributed by atoms with E-state index in [0.29, 0.717) is 25.7 Å². The van der Waals surface area contributed by atoms with Gasteiger partial charge in [-0.3, -0.25) is 14.6 Å². The Morgan fingerprint density at radius 1 is 0.923 bits per heavy atom. The largest absolute Gasteiger partial charge is 0.469 e. The number of hydrogen-bond acceptors (Lipinski definition) is 8. The van der Waals surface area contributed by atoms with Crippen LogP contribution in [0.25, 0.3) is 0 Å². The second kappa shape index (κ2) is 8.02. The zero-order valence-corrected chi connectivity index (χ0v) is 15.8. The number of nitrogens with zero attached hydrogens (tertiary/aromatic N) is 1. The number of esters is 2. The predicted molar refractivity (Wildman–Crippen MR) is 93.0 cm³/mol. The molecule has 0 saturated heterocycles. The average molecular weight is 368 g/mol. The summed E-state index contributed by atoms with van der Waals surface area (Å²) in [4.78, 5) is 29.0. The molecule has 2 saturated carbocycles. The van der Waals surface area contributed by atoms with Gasteiger partial charge >= 0.3 is 11.9 Å². The number of aliphatic imine (C=N–C) groups is 1. The smallest absolute Gasteiger partial charge is 0.308 e. The van der Waals surface area contributed by atoms with Crippen molar-refractivity contribution in [3.8, 4) is 0 Å². The highest BCUT2D eigenvalue weighted by Crippen LogP contribution is 2.36. The molecule has 3 aliphatic rings. The number of methoxy groups -OCH3 is 4. The van der Waals surface area contributed by atoms with Crippen molar-refractivity contribution in [2.45, 2.75) is 56.0 Å². The molecule has 7 unspecified atom stereocenters. The summed E-state index contributed by atoms with van der Waals surface area (Å²) in [6.45, 7) is 0. The van der Waals surface area contributed by atoms with E-state index < -0.39 is 0 Å². The van der Waals surface area contributed by atoms with E-state index in [1.54, 1.807) is 14.2 Å². The molecule has 0 aromatic heterocycles. The van der Waals surface area contributed by atoms with Crippen molar-refractivity contribution in [3.63, 3.8) is 0 Å². The highest BCUT2D eigenvalue weighted by molar-refractivity contribution is 5.96. The number of carbonyl (C=O) groups excluding carboxylic acids is 2. The van der Waals surface area contributed by atoms with E-state index in [4.69, 9.17) is 23.9 Å². The summed E-state index contributed by atoms with van der Waals surface area (Å²) in [5.74, 6) is -0.870. The van der Waals surface area contributed by atoms with Gasteiger partial charge in [-0.25, -0.2) is 0 Å². The maximum Gasteiger partial charge on any atom is 0.308 e. The SMILES string of the molecule is COC(=O)C1CC2NC3C(CC(C(=O)OC)CC3OC)N=C2C(OC)C1. The van der Waals surface area contributed by atoms with Gasteiger partial charge in [0.2, 0.25) is 0 Å². The van der Waals surface area contributed by atoms with Gasteiger partial charge in [0.05, 0.1) is 56.1 Å². The summed E-state index contributed by atoms with van der Waals surface area (Å²) < 4.78 is 21.1. The summed E-state index contributed by atoms with van der Waals surface area (Å²) >= 11 is 0. The Kier molecular flexibility index (Phi) is 5.94. The van der Waals surface area contributed by atoms with E-state index >= 15 is 0 Å². The van der Waals surface area contributed by atoms with Gasteiger partial charge in [0, 0.05) is 20.3 Å². The minimum absolute atomic E-state index is 0.00330. The van der Waals surface area contributed by atoms with E-state index in [2.05, 4.69) is 5.32 Å². The standard InChI is InChI=1S/C18H28N2O6/c1-23-13-7-9(17(21)25-3)5-11-15(13)19-12-6-10(18(22)26-4)8-14(24-2)16(12)20-11/h9-15,19H,5-8H2,1-4H3. The van der Waals surface area contributed by atoms with E-state index in [1.165, 1.54) is 14.2 Å². The topological polar surface area (TPSA) is 95.5 Å². The zero-order valence-electron chi connectivity index (χ0n) is 15.8. The average Bonchev–Trinajstić information content (AvgIpc) is 2.69. The van der Waals surface area contributed by atoms with Crippen molar-refractivity contribution in [2.24, 2.45) is 16.8 Å². The minimum Gasteiger partial charge on any atom is -0.469 e. The molecule has 26 heavy (non-hydrogen) atoms. The van der Waals surface area contributed by atoms with Gasteiger partial charge in [0.25, 0.3) is 0 Å². The number of hydrogen-bond donors (Lipinski definition) is 1. The normalized spacial score (nSPS) is 39.2. The molecule has 8 heteroatoms. The van der Waals surface area contributed by atoms with Crippen LogP contribution in [0.15, 0.2) is 4.99 Å². The van der Waals surface area contributed by atoms with Crippen molar-refractivity contribution in [3.05, 3.63) is 0 Å². The molecular formula is C18H28N2O6. The molecule has 2 fully saturated rings. The van der Waals surface area contributed by atoms with Crippen LogP contribution in [0.1, 0.15) is 25.7 Å². The lowest BCUT2D eigenvalue weighted by Gasteiger charge is -2.47. The molecule has 0 aromatic rings. The number of ether oxygens (including phenoxy) is 4. The van der Waals surface area contributed by atoms with E-state index in [9.17, 15) is 9.59 Å². The van der Waals surface area contributed by atoms with Gasteiger partial charge in [-0.15, -0.1) is 0 Å². The second-order valence-electron chi connectivity index (χ2n) is 7.25. The van der Waals surface area contributed by atoms with E-state index in [-0.39, 0.29) is 54.1 Å². The first-order valence-corrected chi connectivity index (χ1v) is 9.07. The molecule has 7 atom stereocenters. The van der Waals surface area contributed by atoms with Crippen molar-refractivity contribution in [1.29, 1.82) is 0 Å². The van der Waals surface area contributed by atoms with Crippen LogP contribution in [0.4, 0.5) is 0 Å². The van der Waals surface area contributed by atoms with Crippen LogP contribution in [-0.4, -0.2) is 76.4 Å². The zero-order chi connectivity index (χ0) is 18.8. The molecule has 3 rings (SSSR count). The first kappa shape index (κ1) is 19.3. The third-order valence-corrected chi connectivity index (χ3v) is 5.93. The minimum atomic E-state index is -0.231. The molecule has 2 aliphatic carbocycles. The van der Waals surface area contributed by atoms with Gasteiger partial charge in [-0.1, -0.05) is 0 Å². The number of carbonyl (C=O) groups is 2. The molecule has 1 N–H and O–H groups in total. The fourth-order valence-corrected chi connectivity index (χ4v) is 4.59. The fraction of sp³-hybridized carbons (Fsp3) is 0.833. The van der Waals surface area contributed by atoms with Crippen molar-refractivity contribution < 1.29 is 28.5 Å². The highest BCUT2D eigenvalue weighted by atomic mass is 16.5. The molecule has 0 amide bonds. The Bertz CT molecular complexity index is 580. The lowest BCUT2D eigenvalue weighted by Crippen LogP contribution is -2.65. The van der Waals surface area contributed by atoms with E-state index in [0.717, 1.165) is 5.71 Å². The second-order valence-corrected chi connectivity index (χ2v) is 7.25. The summed E-state index contributed by atoms with van der Waals surface area (Å²) in [7, 11) is 6.10. The number of rotatable bonds is 4. The van der Waals surface area contributed by atoms with Crippen LogP contribution in [0.3, 0.4) is 0 Å². The van der Waals surface area contributed by atoms with Gasteiger partial charge in [-0.2, -0.15) is 0 Å². The Hall–Kier alpha value is -1.51. The molecule has 1 aliphatic heterocycles. The highest BCUT2D eigenvalue weighted by Gasteiger charge is 2.48. The fourth-order valence-electron chi connectivity index (χ4n) is 4.59. The summed E-state index contributed by atoms with van der Waals surface area (Å²) in [5.41, 5.74) is 0.925. The quantitative estimate of drug-likeness (QED) is 0.715. The van der Waals surface area contributed by atoms with Crippen LogP contribution >= 0.6 is 0 Å². The maximum absolute atomic E-state index is 12.0. The van der Waals surface area contributed by atoms with Crippen LogP contribution < -0.4 is 5.32 Å². The molecule has 8 nitrogen and oxygen atoms in total. The lowest BCUT2D eigenvalue weighted by molar-refractivity contribution is -0.150. The third kappa shape index (κ3) is 3.50. The molecule has 0 radical (unpaired) electrons. The maximum atomic E-state index is 12.0. The van der Waals surface area contributed by atoms with E-state index in [1.807, 2.05) is 0 Å². The summed E-state index contributed by atoms with van der Waals surface area (Å²) in [6.07, 6.45) is 2.05. The van der Waals surface area contributed by atoms with Crippen LogP contribution in [0, 0.1) is 11.8 Å². The first-order chi connectivity index (χ1) is 12.5. The molecular weight excluding hydrogens is 340 g/mol. The lowest BCUT2D eigenvalue weighted by atomic mass is 9.75. The Morgan fingerprint density at radius 3 is 2.15 bits per heavy atom. The van der Waals surface area contributed by atoms with Gasteiger partial charge in [0.15, 0.2) is 0 Å². The molecule has 0 spiro atoms. The van der Waals surface area contributed by atoms with Crippen LogP contribution in [-0.2, 0) is 28.5 Å². The molecule has 0 aromatic carbocycles. The first-order valence-electron chi connectivity index (χ1n) is 9.07. The number of fused-ring (bicyclic) bond motifs is 2. The Labute approximate surface area is 153 Å². The van der Waals surface area contributed by atoms with Gasteiger partial charge in [0.1, 0.15) is 0 Å². The van der Waals surface area contributed by atoms with Gasteiger partial charge in [-0.05, 0) is 25.7 Å². The molecule has 0 bridgehead atoms. The molecule has 1 heterocycles. The predicted octanol–water partition coefficient (Wildman–Crippen LogP) is 0.332. The van der Waals surface area contributed by atoms with Gasteiger partial charge < -0.3 is 24.3 Å². The monoisotopic (exact) mass is 368 g/mol. The van der Waals surface area contributed by atoms with Crippen molar-refractivity contribution in [2.75, 3.05) is 28.4 Å². The van der Waals surface area contributed by atoms with Crippen LogP contribution in [0.2, 0.25) is 0 Å². The van der Waals surface area contributed by atoms with Crippen LogP contribution in [0.5, 0.6) is 0 Å². The Balaban J connectivity index is 1.85. The Morgan fingerprint density at radius 2 is 1.58 bits per heavy atom. The number of nitrogens with one attached hydrogen (secondary N) is 1. The molecule has 146 valence electrons. The van der Waals surface area contributed by atoms with Crippen molar-refractivity contribution >= 4 is 17.7 Å².